The molecular weight excluding hydrogens is 278 g/mol. The highest BCUT2D eigenvalue weighted by molar-refractivity contribution is 5.24. The first-order valence-corrected chi connectivity index (χ1v) is 6.90. The summed E-state index contributed by atoms with van der Waals surface area (Å²) in [4.78, 5) is 15.8. The van der Waals surface area contributed by atoms with Crippen LogP contribution in [0.4, 0.5) is 5.82 Å². The molecule has 2 heterocycles. The molecule has 0 aromatic carbocycles. The monoisotopic (exact) mass is 299 g/mol. The second-order valence-electron chi connectivity index (χ2n) is 5.32. The minimum Gasteiger partial charge on any atom is -0.396 e. The highest BCUT2D eigenvalue weighted by atomic mass is 16.5. The van der Waals surface area contributed by atoms with E-state index in [1.54, 1.807) is 0 Å². The van der Waals surface area contributed by atoms with Gasteiger partial charge in [0.25, 0.3) is 0 Å². The SMILES string of the molecule is CC1CCOC1(C(O)C(O)CCO)n1ccc(N)nc1=O. The fourth-order valence-electron chi connectivity index (χ4n) is 2.82. The van der Waals surface area contributed by atoms with Crippen molar-refractivity contribution in [3.05, 3.63) is 22.7 Å². The number of aromatic nitrogens is 2. The molecule has 8 heteroatoms. The van der Waals surface area contributed by atoms with Crippen molar-refractivity contribution < 1.29 is 20.1 Å². The summed E-state index contributed by atoms with van der Waals surface area (Å²) >= 11 is 0. The third-order valence-corrected chi connectivity index (χ3v) is 4.01. The molecule has 1 aliphatic rings. The maximum atomic E-state index is 12.1. The van der Waals surface area contributed by atoms with Crippen molar-refractivity contribution in [3.8, 4) is 0 Å². The summed E-state index contributed by atoms with van der Waals surface area (Å²) in [6.07, 6.45) is -0.581. The maximum absolute atomic E-state index is 12.1. The number of nitrogens with zero attached hydrogens (tertiary/aromatic N) is 2. The molecule has 5 N–H and O–H groups in total. The number of ether oxygens (including phenoxy) is 1. The molecule has 4 unspecified atom stereocenters. The zero-order valence-electron chi connectivity index (χ0n) is 11.8. The molecule has 0 aliphatic carbocycles. The van der Waals surface area contributed by atoms with Gasteiger partial charge in [-0.1, -0.05) is 6.92 Å². The summed E-state index contributed by atoms with van der Waals surface area (Å²) in [5.41, 5.74) is 3.41. The van der Waals surface area contributed by atoms with Gasteiger partial charge < -0.3 is 25.8 Å². The standard InChI is InChI=1S/C13H21N3O5/c1-8-4-7-21-13(8,11(19)9(18)3-6-17)16-5-2-10(14)15-12(16)20/h2,5,8-9,11,17-19H,3-4,6-7H2,1H3,(H2,14,15,20). The maximum Gasteiger partial charge on any atom is 0.351 e. The van der Waals surface area contributed by atoms with Gasteiger partial charge in [-0.3, -0.25) is 4.57 Å². The summed E-state index contributed by atoms with van der Waals surface area (Å²) in [7, 11) is 0. The van der Waals surface area contributed by atoms with Crippen LogP contribution in [0.5, 0.6) is 0 Å². The Balaban J connectivity index is 2.50. The molecule has 0 spiro atoms. The second-order valence-corrected chi connectivity index (χ2v) is 5.32. The van der Waals surface area contributed by atoms with E-state index in [2.05, 4.69) is 4.98 Å². The first-order chi connectivity index (χ1) is 9.93. The van der Waals surface area contributed by atoms with Crippen molar-refractivity contribution in [1.29, 1.82) is 0 Å². The number of hydrogen-bond donors (Lipinski definition) is 4. The molecule has 0 radical (unpaired) electrons. The Hall–Kier alpha value is -1.48. The van der Waals surface area contributed by atoms with Crippen LogP contribution in [0, 0.1) is 5.92 Å². The van der Waals surface area contributed by atoms with Gasteiger partial charge in [0.05, 0.1) is 12.7 Å². The van der Waals surface area contributed by atoms with Gasteiger partial charge in [0.15, 0.2) is 5.72 Å². The molecule has 0 saturated carbocycles. The van der Waals surface area contributed by atoms with Crippen molar-refractivity contribution in [2.24, 2.45) is 5.92 Å². The van der Waals surface area contributed by atoms with Gasteiger partial charge in [0, 0.05) is 18.7 Å². The predicted molar refractivity (Wildman–Crippen MR) is 74.3 cm³/mol. The summed E-state index contributed by atoms with van der Waals surface area (Å²) in [5, 5.41) is 29.5. The van der Waals surface area contributed by atoms with E-state index in [1.807, 2.05) is 6.92 Å². The number of hydrogen-bond acceptors (Lipinski definition) is 7. The van der Waals surface area contributed by atoms with E-state index in [1.165, 1.54) is 16.8 Å². The van der Waals surface area contributed by atoms with E-state index < -0.39 is 23.6 Å². The van der Waals surface area contributed by atoms with E-state index in [9.17, 15) is 15.0 Å². The van der Waals surface area contributed by atoms with Crippen molar-refractivity contribution in [2.45, 2.75) is 37.7 Å². The lowest BCUT2D eigenvalue weighted by molar-refractivity contribution is -0.201. The predicted octanol–water partition coefficient (Wildman–Crippen LogP) is -1.36. The van der Waals surface area contributed by atoms with Crippen LogP contribution in [0.1, 0.15) is 19.8 Å². The van der Waals surface area contributed by atoms with Crippen molar-refractivity contribution in [1.82, 2.24) is 9.55 Å². The summed E-state index contributed by atoms with van der Waals surface area (Å²) in [6.45, 7) is 1.89. The molecule has 0 amide bonds. The molecular formula is C13H21N3O5. The zero-order valence-corrected chi connectivity index (χ0v) is 11.8. The van der Waals surface area contributed by atoms with E-state index in [0.29, 0.717) is 13.0 Å². The molecule has 1 saturated heterocycles. The van der Waals surface area contributed by atoms with E-state index in [-0.39, 0.29) is 24.8 Å². The lowest BCUT2D eigenvalue weighted by Crippen LogP contribution is -2.57. The fourth-order valence-corrected chi connectivity index (χ4v) is 2.82. The molecule has 1 fully saturated rings. The van der Waals surface area contributed by atoms with Gasteiger partial charge in [-0.2, -0.15) is 4.98 Å². The Labute approximate surface area is 121 Å². The van der Waals surface area contributed by atoms with Crippen LogP contribution < -0.4 is 11.4 Å². The first kappa shape index (κ1) is 15.9. The molecule has 4 atom stereocenters. The largest absolute Gasteiger partial charge is 0.396 e. The highest BCUT2D eigenvalue weighted by Crippen LogP contribution is 2.40. The van der Waals surface area contributed by atoms with Crippen LogP contribution in [0.2, 0.25) is 0 Å². The molecule has 0 bridgehead atoms. The Morgan fingerprint density at radius 3 is 2.86 bits per heavy atom. The molecule has 21 heavy (non-hydrogen) atoms. The van der Waals surface area contributed by atoms with Gasteiger partial charge in [0.1, 0.15) is 11.9 Å². The number of rotatable bonds is 5. The van der Waals surface area contributed by atoms with Crippen LogP contribution in [0.15, 0.2) is 17.1 Å². The smallest absolute Gasteiger partial charge is 0.351 e. The Morgan fingerprint density at radius 2 is 2.33 bits per heavy atom. The van der Waals surface area contributed by atoms with Gasteiger partial charge >= 0.3 is 5.69 Å². The van der Waals surface area contributed by atoms with Gasteiger partial charge in [-0.05, 0) is 18.9 Å². The second kappa shape index (κ2) is 6.10. The molecule has 1 aliphatic heterocycles. The first-order valence-electron chi connectivity index (χ1n) is 6.90. The minimum absolute atomic E-state index is 0.0177. The Morgan fingerprint density at radius 1 is 1.62 bits per heavy atom. The Bertz CT molecular complexity index is 549. The number of nitrogen functional groups attached to an aromatic ring is 1. The van der Waals surface area contributed by atoms with Crippen LogP contribution in [0.25, 0.3) is 0 Å². The summed E-state index contributed by atoms with van der Waals surface area (Å²) in [6, 6.07) is 1.43. The van der Waals surface area contributed by atoms with Gasteiger partial charge in [0.2, 0.25) is 0 Å². The van der Waals surface area contributed by atoms with E-state index in [4.69, 9.17) is 15.6 Å². The molecule has 1 aromatic rings. The minimum atomic E-state index is -1.41. The average molecular weight is 299 g/mol. The number of nitrogens with two attached hydrogens (primary N) is 1. The van der Waals surface area contributed by atoms with Crippen LogP contribution >= 0.6 is 0 Å². The van der Waals surface area contributed by atoms with Crippen LogP contribution in [-0.2, 0) is 10.5 Å². The van der Waals surface area contributed by atoms with Gasteiger partial charge in [-0.25, -0.2) is 4.79 Å². The highest BCUT2D eigenvalue weighted by Gasteiger charge is 2.52. The molecule has 118 valence electrons. The summed E-state index contributed by atoms with van der Waals surface area (Å²) < 4.78 is 6.85. The fraction of sp³-hybridized carbons (Fsp3) is 0.692. The normalized spacial score (nSPS) is 28.5. The number of aliphatic hydroxyl groups is 3. The number of anilines is 1. The Kier molecular flexibility index (Phi) is 4.62. The van der Waals surface area contributed by atoms with Crippen molar-refractivity contribution in [3.63, 3.8) is 0 Å². The third-order valence-electron chi connectivity index (χ3n) is 4.01. The van der Waals surface area contributed by atoms with Crippen molar-refractivity contribution >= 4 is 5.82 Å². The molecule has 2 rings (SSSR count). The summed E-state index contributed by atoms with van der Waals surface area (Å²) in [5.74, 6) is -0.147. The van der Waals surface area contributed by atoms with E-state index >= 15 is 0 Å². The van der Waals surface area contributed by atoms with E-state index in [0.717, 1.165) is 0 Å². The third kappa shape index (κ3) is 2.67. The van der Waals surface area contributed by atoms with Crippen LogP contribution in [-0.4, -0.2) is 50.3 Å². The lowest BCUT2D eigenvalue weighted by Gasteiger charge is -2.40. The number of aliphatic hydroxyl groups excluding tert-OH is 3. The molecule has 1 aromatic heterocycles. The quantitative estimate of drug-likeness (QED) is 0.528. The lowest BCUT2D eigenvalue weighted by atomic mass is 9.88. The zero-order chi connectivity index (χ0) is 15.6. The average Bonchev–Trinajstić information content (AvgIpc) is 2.81. The van der Waals surface area contributed by atoms with Crippen LogP contribution in [0.3, 0.4) is 0 Å². The molecule has 8 nitrogen and oxygen atoms in total. The van der Waals surface area contributed by atoms with Crippen molar-refractivity contribution in [2.75, 3.05) is 18.9 Å². The van der Waals surface area contributed by atoms with Gasteiger partial charge in [-0.15, -0.1) is 0 Å². The topological polar surface area (TPSA) is 131 Å².